The lowest BCUT2D eigenvalue weighted by Crippen LogP contribution is -2.25. The second kappa shape index (κ2) is 10.6. The highest BCUT2D eigenvalue weighted by atomic mass is 19.4. The molecule has 0 radical (unpaired) electrons. The van der Waals surface area contributed by atoms with E-state index in [0.717, 1.165) is 18.2 Å². The average molecular weight is 431 g/mol. The molecule has 0 saturated heterocycles. The van der Waals surface area contributed by atoms with Gasteiger partial charge in [-0.15, -0.1) is 26.3 Å². The molecule has 0 heterocycles. The number of halogens is 6. The van der Waals surface area contributed by atoms with Gasteiger partial charge in [0.05, 0.1) is 5.92 Å². The van der Waals surface area contributed by atoms with Crippen LogP contribution in [-0.4, -0.2) is 30.3 Å². The first-order valence-electron chi connectivity index (χ1n) is 8.92. The van der Waals surface area contributed by atoms with E-state index in [9.17, 15) is 31.1 Å². The molecular weight excluding hydrogens is 408 g/mol. The van der Waals surface area contributed by atoms with Gasteiger partial charge in [-0.2, -0.15) is 0 Å². The first-order chi connectivity index (χ1) is 13.4. The Hall–Kier alpha value is -2.17. The molecule has 2 unspecified atom stereocenters. The number of hydrogen-bond acceptors (Lipinski definition) is 4. The lowest BCUT2D eigenvalue weighted by molar-refractivity contribution is -0.277. The van der Waals surface area contributed by atoms with Crippen LogP contribution in [0.2, 0.25) is 0 Å². The van der Waals surface area contributed by atoms with Crippen LogP contribution in [0.5, 0.6) is 11.5 Å². The van der Waals surface area contributed by atoms with Crippen molar-refractivity contribution in [3.8, 4) is 11.5 Å². The van der Waals surface area contributed by atoms with Crippen LogP contribution in [0.1, 0.15) is 38.2 Å². The number of nitrogens with two attached hydrogens (primary N) is 1. The van der Waals surface area contributed by atoms with E-state index in [1.165, 1.54) is 0 Å². The number of benzene rings is 1. The molecule has 29 heavy (non-hydrogen) atoms. The molecule has 11 heteroatoms. The molecule has 0 saturated carbocycles. The molecule has 0 aliphatic rings. The Morgan fingerprint density at radius 1 is 1.10 bits per heavy atom. The first-order valence-corrected chi connectivity index (χ1v) is 8.92. The van der Waals surface area contributed by atoms with E-state index in [4.69, 9.17) is 10.8 Å². The Kier molecular flexibility index (Phi) is 9.06. The molecule has 5 nitrogen and oxygen atoms in total. The second-order valence-corrected chi connectivity index (χ2v) is 6.50. The van der Waals surface area contributed by atoms with Crippen molar-refractivity contribution in [2.24, 2.45) is 17.6 Å². The van der Waals surface area contributed by atoms with Crippen molar-refractivity contribution in [2.75, 3.05) is 6.54 Å². The molecule has 1 aromatic carbocycles. The molecule has 0 fully saturated rings. The Morgan fingerprint density at radius 2 is 1.62 bits per heavy atom. The van der Waals surface area contributed by atoms with Crippen molar-refractivity contribution in [1.29, 1.82) is 0 Å². The Balaban J connectivity index is 2.95. The molecule has 0 aliphatic carbocycles. The van der Waals surface area contributed by atoms with Gasteiger partial charge < -0.3 is 20.3 Å². The summed E-state index contributed by atoms with van der Waals surface area (Å²) in [6.45, 7) is 1.76. The number of carbonyl (C=O) groups is 1. The standard InChI is InChI=1S/C18H23F6NO4/c1-2-11(9-12(10-25)16(26)27)5-3-6-13-14(28-17(19,20)21)7-4-8-15(13)29-18(22,23)24/h4,7-8,11-12H,2-3,5-6,9-10,25H2,1H3,(H,26,27). The summed E-state index contributed by atoms with van der Waals surface area (Å²) in [6, 6.07) is 2.80. The summed E-state index contributed by atoms with van der Waals surface area (Å²) in [7, 11) is 0. The molecule has 3 N–H and O–H groups in total. The third kappa shape index (κ3) is 9.25. The molecule has 1 aromatic rings. The molecule has 0 amide bonds. The minimum absolute atomic E-state index is 0.0579. The lowest BCUT2D eigenvalue weighted by Gasteiger charge is -2.20. The van der Waals surface area contributed by atoms with E-state index in [2.05, 4.69) is 9.47 Å². The van der Waals surface area contributed by atoms with Gasteiger partial charge in [-0.25, -0.2) is 0 Å². The van der Waals surface area contributed by atoms with Gasteiger partial charge in [0, 0.05) is 12.1 Å². The number of ether oxygens (including phenoxy) is 2. The van der Waals surface area contributed by atoms with Crippen LogP contribution in [0.25, 0.3) is 0 Å². The fraction of sp³-hybridized carbons (Fsp3) is 0.611. The van der Waals surface area contributed by atoms with Gasteiger partial charge >= 0.3 is 18.7 Å². The van der Waals surface area contributed by atoms with Crippen molar-refractivity contribution in [2.45, 2.75) is 51.8 Å². The van der Waals surface area contributed by atoms with Gasteiger partial charge in [-0.3, -0.25) is 4.79 Å². The Bertz CT molecular complexity index is 628. The molecule has 0 aromatic heterocycles. The molecule has 0 bridgehead atoms. The molecule has 2 atom stereocenters. The molecule has 0 spiro atoms. The zero-order chi connectivity index (χ0) is 22.2. The number of carboxylic acid groups (broad SMARTS) is 1. The monoisotopic (exact) mass is 431 g/mol. The summed E-state index contributed by atoms with van der Waals surface area (Å²) in [5.74, 6) is -3.43. The van der Waals surface area contributed by atoms with Crippen LogP contribution in [0.3, 0.4) is 0 Å². The van der Waals surface area contributed by atoms with Crippen molar-refractivity contribution < 1.29 is 45.7 Å². The van der Waals surface area contributed by atoms with Crippen molar-refractivity contribution >= 4 is 5.97 Å². The molecule has 0 aliphatic heterocycles. The normalized spacial score (nSPS) is 14.3. The quantitative estimate of drug-likeness (QED) is 0.488. The summed E-state index contributed by atoms with van der Waals surface area (Å²) in [6.07, 6.45) is -8.85. The van der Waals surface area contributed by atoms with Crippen LogP contribution < -0.4 is 15.2 Å². The minimum atomic E-state index is -5.08. The zero-order valence-corrected chi connectivity index (χ0v) is 15.6. The van der Waals surface area contributed by atoms with Crippen LogP contribution in [-0.2, 0) is 11.2 Å². The summed E-state index contributed by atoms with van der Waals surface area (Å²) < 4.78 is 83.3. The van der Waals surface area contributed by atoms with Crippen LogP contribution in [0.15, 0.2) is 18.2 Å². The predicted molar refractivity (Wildman–Crippen MR) is 91.3 cm³/mol. The average Bonchev–Trinajstić information content (AvgIpc) is 2.56. The highest BCUT2D eigenvalue weighted by Crippen LogP contribution is 2.37. The highest BCUT2D eigenvalue weighted by Gasteiger charge is 2.35. The fourth-order valence-corrected chi connectivity index (χ4v) is 2.99. The van der Waals surface area contributed by atoms with Gasteiger partial charge in [0.15, 0.2) is 0 Å². The summed E-state index contributed by atoms with van der Waals surface area (Å²) in [5.41, 5.74) is 5.07. The number of carboxylic acids is 1. The minimum Gasteiger partial charge on any atom is -0.481 e. The summed E-state index contributed by atoms with van der Waals surface area (Å²) >= 11 is 0. The fourth-order valence-electron chi connectivity index (χ4n) is 2.99. The van der Waals surface area contributed by atoms with Crippen molar-refractivity contribution in [3.05, 3.63) is 23.8 Å². The predicted octanol–water partition coefficient (Wildman–Crippen LogP) is 4.88. The lowest BCUT2D eigenvalue weighted by atomic mass is 9.88. The van der Waals surface area contributed by atoms with Crippen LogP contribution >= 0.6 is 0 Å². The van der Waals surface area contributed by atoms with Gasteiger partial charge in [-0.05, 0) is 37.3 Å². The van der Waals surface area contributed by atoms with Gasteiger partial charge in [0.25, 0.3) is 0 Å². The number of hydrogen-bond donors (Lipinski definition) is 2. The Morgan fingerprint density at radius 3 is 2.00 bits per heavy atom. The molecular formula is C18H23F6NO4. The highest BCUT2D eigenvalue weighted by molar-refractivity contribution is 5.70. The Labute approximate surface area is 163 Å². The van der Waals surface area contributed by atoms with E-state index in [1.54, 1.807) is 0 Å². The van der Waals surface area contributed by atoms with Gasteiger partial charge in [0.2, 0.25) is 0 Å². The molecule has 166 valence electrons. The molecule has 1 rings (SSSR count). The van der Waals surface area contributed by atoms with Crippen LogP contribution in [0, 0.1) is 11.8 Å². The number of rotatable bonds is 11. The van der Waals surface area contributed by atoms with Gasteiger partial charge in [-0.1, -0.05) is 25.8 Å². The number of alkyl halides is 6. The third-order valence-electron chi connectivity index (χ3n) is 4.41. The number of aliphatic carboxylic acids is 1. The van der Waals surface area contributed by atoms with E-state index >= 15 is 0 Å². The third-order valence-corrected chi connectivity index (χ3v) is 4.41. The van der Waals surface area contributed by atoms with Crippen LogP contribution in [0.4, 0.5) is 26.3 Å². The maximum atomic E-state index is 12.6. The summed E-state index contributed by atoms with van der Waals surface area (Å²) in [4.78, 5) is 11.1. The zero-order valence-electron chi connectivity index (χ0n) is 15.6. The maximum absolute atomic E-state index is 12.6. The SMILES string of the molecule is CCC(CCCc1c(OC(F)(F)F)cccc1OC(F)(F)F)CC(CN)C(=O)O. The van der Waals surface area contributed by atoms with E-state index in [1.807, 2.05) is 6.92 Å². The first kappa shape index (κ1) is 24.9. The van der Waals surface area contributed by atoms with E-state index in [-0.39, 0.29) is 37.3 Å². The van der Waals surface area contributed by atoms with E-state index < -0.39 is 36.1 Å². The largest absolute Gasteiger partial charge is 0.573 e. The van der Waals surface area contributed by atoms with Gasteiger partial charge in [0.1, 0.15) is 11.5 Å². The van der Waals surface area contributed by atoms with Crippen molar-refractivity contribution in [3.63, 3.8) is 0 Å². The topological polar surface area (TPSA) is 81.8 Å². The second-order valence-electron chi connectivity index (χ2n) is 6.50. The van der Waals surface area contributed by atoms with E-state index in [0.29, 0.717) is 12.8 Å². The smallest absolute Gasteiger partial charge is 0.481 e. The van der Waals surface area contributed by atoms with Crippen molar-refractivity contribution in [1.82, 2.24) is 0 Å². The maximum Gasteiger partial charge on any atom is 0.573 e. The summed E-state index contributed by atoms with van der Waals surface area (Å²) in [5, 5.41) is 9.08.